The van der Waals surface area contributed by atoms with Gasteiger partial charge in [0.25, 0.3) is 5.91 Å². The van der Waals surface area contributed by atoms with Gasteiger partial charge in [-0.25, -0.2) is 12.8 Å². The summed E-state index contributed by atoms with van der Waals surface area (Å²) in [7, 11) is -3.81. The molecule has 9 heteroatoms. The van der Waals surface area contributed by atoms with Gasteiger partial charge in [-0.15, -0.1) is 0 Å². The zero-order valence-corrected chi connectivity index (χ0v) is 16.2. The molecule has 0 aromatic heterocycles. The fraction of sp³-hybridized carbons (Fsp3) is 0.474. The van der Waals surface area contributed by atoms with E-state index in [-0.39, 0.29) is 55.5 Å². The molecule has 1 aromatic rings. The normalized spacial score (nSPS) is 20.8. The number of esters is 1. The molecule has 0 unspecified atom stereocenters. The van der Waals surface area contributed by atoms with E-state index in [0.717, 1.165) is 18.9 Å². The highest BCUT2D eigenvalue weighted by Crippen LogP contribution is 2.20. The maximum Gasteiger partial charge on any atom is 0.309 e. The standard InChI is InChI=1S/C19H23FN2O5S/c20-16-7-4-8-17(13-16)28(25,26)22-11-9-21(10-12-22)18(23)14-27-19(24)15-5-2-1-3-6-15/h1-2,4,7-8,13,15H,3,5-6,9-12,14H2/t15-/m1/s1. The van der Waals surface area contributed by atoms with Gasteiger partial charge in [-0.2, -0.15) is 4.31 Å². The summed E-state index contributed by atoms with van der Waals surface area (Å²) in [5, 5.41) is 0. The van der Waals surface area contributed by atoms with Crippen molar-refractivity contribution >= 4 is 21.9 Å². The van der Waals surface area contributed by atoms with E-state index in [4.69, 9.17) is 4.74 Å². The first kappa shape index (κ1) is 20.5. The molecule has 0 radical (unpaired) electrons. The molecule has 0 spiro atoms. The van der Waals surface area contributed by atoms with Crippen molar-refractivity contribution < 1.29 is 27.1 Å². The van der Waals surface area contributed by atoms with Crippen LogP contribution in [0.15, 0.2) is 41.3 Å². The highest BCUT2D eigenvalue weighted by Gasteiger charge is 2.31. The Morgan fingerprint density at radius 1 is 1.14 bits per heavy atom. The maximum atomic E-state index is 13.3. The second kappa shape index (κ2) is 8.83. The fourth-order valence-electron chi connectivity index (χ4n) is 3.30. The summed E-state index contributed by atoms with van der Waals surface area (Å²) in [6, 6.07) is 4.85. The number of ether oxygens (including phenoxy) is 1. The second-order valence-electron chi connectivity index (χ2n) is 6.83. The van der Waals surface area contributed by atoms with Crippen LogP contribution in [0.5, 0.6) is 0 Å². The van der Waals surface area contributed by atoms with Crippen LogP contribution in [0.4, 0.5) is 4.39 Å². The van der Waals surface area contributed by atoms with Crippen molar-refractivity contribution in [3.63, 3.8) is 0 Å². The van der Waals surface area contributed by atoms with Crippen LogP contribution in [0, 0.1) is 11.7 Å². The van der Waals surface area contributed by atoms with Crippen LogP contribution in [-0.2, 0) is 24.3 Å². The Morgan fingerprint density at radius 3 is 2.54 bits per heavy atom. The molecule has 152 valence electrons. The summed E-state index contributed by atoms with van der Waals surface area (Å²) in [5.74, 6) is -1.54. The Bertz CT molecular complexity index is 863. The van der Waals surface area contributed by atoms with Gasteiger partial charge in [0.05, 0.1) is 10.8 Å². The van der Waals surface area contributed by atoms with Crippen LogP contribution in [0.3, 0.4) is 0 Å². The summed E-state index contributed by atoms with van der Waals surface area (Å²) >= 11 is 0. The number of carbonyl (C=O) groups is 2. The van der Waals surface area contributed by atoms with Crippen LogP contribution >= 0.6 is 0 Å². The van der Waals surface area contributed by atoms with E-state index in [1.54, 1.807) is 0 Å². The first-order chi connectivity index (χ1) is 13.4. The zero-order chi connectivity index (χ0) is 20.1. The number of hydrogen-bond donors (Lipinski definition) is 0. The quantitative estimate of drug-likeness (QED) is 0.543. The van der Waals surface area contributed by atoms with Crippen LogP contribution in [-0.4, -0.2) is 62.3 Å². The summed E-state index contributed by atoms with van der Waals surface area (Å²) in [6.45, 7) is 0.252. The number of nitrogens with zero attached hydrogens (tertiary/aromatic N) is 2. The highest BCUT2D eigenvalue weighted by atomic mass is 32.2. The first-order valence-corrected chi connectivity index (χ1v) is 10.7. The molecular formula is C19H23FN2O5S. The van der Waals surface area contributed by atoms with Crippen molar-refractivity contribution in [2.45, 2.75) is 24.2 Å². The third-order valence-electron chi connectivity index (χ3n) is 4.97. The maximum absolute atomic E-state index is 13.3. The van der Waals surface area contributed by atoms with E-state index < -0.39 is 15.8 Å². The Balaban J connectivity index is 1.50. The third-order valence-corrected chi connectivity index (χ3v) is 6.86. The lowest BCUT2D eigenvalue weighted by Crippen LogP contribution is -2.51. The van der Waals surface area contributed by atoms with Gasteiger partial charge in [0.2, 0.25) is 10.0 Å². The lowest BCUT2D eigenvalue weighted by Gasteiger charge is -2.34. The molecule has 0 N–H and O–H groups in total. The Labute approximate surface area is 163 Å². The van der Waals surface area contributed by atoms with Gasteiger partial charge in [0.15, 0.2) is 6.61 Å². The van der Waals surface area contributed by atoms with Crippen LogP contribution in [0.1, 0.15) is 19.3 Å². The van der Waals surface area contributed by atoms with E-state index in [0.29, 0.717) is 6.42 Å². The van der Waals surface area contributed by atoms with Crippen LogP contribution in [0.2, 0.25) is 0 Å². The number of benzene rings is 1. The summed E-state index contributed by atoms with van der Waals surface area (Å²) in [6.07, 6.45) is 6.14. The number of amides is 1. The Hall–Kier alpha value is -2.26. The molecule has 1 aliphatic carbocycles. The molecule has 1 atom stereocenters. The Kier molecular flexibility index (Phi) is 6.46. The van der Waals surface area contributed by atoms with Crippen molar-refractivity contribution in [1.29, 1.82) is 0 Å². The number of carbonyl (C=O) groups excluding carboxylic acids is 2. The highest BCUT2D eigenvalue weighted by molar-refractivity contribution is 7.89. The SMILES string of the molecule is O=C(OCC(=O)N1CCN(S(=O)(=O)c2cccc(F)c2)CC1)[C@@H]1CC=CCC1. The average Bonchev–Trinajstić information content (AvgIpc) is 2.72. The molecule has 2 aliphatic rings. The average molecular weight is 410 g/mol. The largest absolute Gasteiger partial charge is 0.455 e. The van der Waals surface area contributed by atoms with Gasteiger partial charge < -0.3 is 9.64 Å². The van der Waals surface area contributed by atoms with E-state index in [2.05, 4.69) is 0 Å². The number of rotatable bonds is 5. The smallest absolute Gasteiger partial charge is 0.309 e. The summed E-state index contributed by atoms with van der Waals surface area (Å²) in [4.78, 5) is 25.7. The minimum atomic E-state index is -3.81. The van der Waals surface area contributed by atoms with Crippen LogP contribution in [0.25, 0.3) is 0 Å². The monoisotopic (exact) mass is 410 g/mol. The predicted molar refractivity (Wildman–Crippen MR) is 99.2 cm³/mol. The van der Waals surface area contributed by atoms with Gasteiger partial charge in [-0.3, -0.25) is 9.59 Å². The van der Waals surface area contributed by atoms with E-state index in [9.17, 15) is 22.4 Å². The molecule has 1 aliphatic heterocycles. The van der Waals surface area contributed by atoms with Crippen molar-refractivity contribution in [3.8, 4) is 0 Å². The molecule has 1 heterocycles. The van der Waals surface area contributed by atoms with Gasteiger partial charge in [-0.1, -0.05) is 18.2 Å². The van der Waals surface area contributed by atoms with Gasteiger partial charge in [0, 0.05) is 26.2 Å². The summed E-state index contributed by atoms with van der Waals surface area (Å²) < 4.78 is 44.9. The van der Waals surface area contributed by atoms with E-state index in [1.807, 2.05) is 12.2 Å². The lowest BCUT2D eigenvalue weighted by atomic mass is 9.95. The predicted octanol–water partition coefficient (Wildman–Crippen LogP) is 1.56. The van der Waals surface area contributed by atoms with Crippen LogP contribution < -0.4 is 0 Å². The summed E-state index contributed by atoms with van der Waals surface area (Å²) in [5.41, 5.74) is 0. The molecule has 0 saturated carbocycles. The van der Waals surface area contributed by atoms with E-state index >= 15 is 0 Å². The van der Waals surface area contributed by atoms with Crippen molar-refractivity contribution in [2.75, 3.05) is 32.8 Å². The molecule has 1 saturated heterocycles. The number of halogens is 1. The van der Waals surface area contributed by atoms with E-state index in [1.165, 1.54) is 27.4 Å². The zero-order valence-electron chi connectivity index (χ0n) is 15.4. The lowest BCUT2D eigenvalue weighted by molar-refractivity contribution is -0.156. The minimum Gasteiger partial charge on any atom is -0.455 e. The number of piperazine rings is 1. The molecule has 7 nitrogen and oxygen atoms in total. The van der Waals surface area contributed by atoms with Gasteiger partial charge in [-0.05, 0) is 37.5 Å². The van der Waals surface area contributed by atoms with Gasteiger partial charge >= 0.3 is 5.97 Å². The van der Waals surface area contributed by atoms with Crippen molar-refractivity contribution in [3.05, 3.63) is 42.2 Å². The molecule has 1 aromatic carbocycles. The Morgan fingerprint density at radius 2 is 1.89 bits per heavy atom. The molecule has 0 bridgehead atoms. The number of allylic oxidation sites excluding steroid dienone is 2. The third kappa shape index (κ3) is 4.77. The molecular weight excluding hydrogens is 387 g/mol. The number of sulfonamides is 1. The molecule has 28 heavy (non-hydrogen) atoms. The van der Waals surface area contributed by atoms with Crippen molar-refractivity contribution in [2.24, 2.45) is 5.92 Å². The number of hydrogen-bond acceptors (Lipinski definition) is 5. The van der Waals surface area contributed by atoms with Crippen molar-refractivity contribution in [1.82, 2.24) is 9.21 Å². The molecule has 1 amide bonds. The van der Waals surface area contributed by atoms with Gasteiger partial charge in [0.1, 0.15) is 5.82 Å². The first-order valence-electron chi connectivity index (χ1n) is 9.23. The topological polar surface area (TPSA) is 84.0 Å². The molecule has 3 rings (SSSR count). The minimum absolute atomic E-state index is 0.103. The second-order valence-corrected chi connectivity index (χ2v) is 8.77. The fourth-order valence-corrected chi connectivity index (χ4v) is 4.76. The molecule has 1 fully saturated rings.